The maximum absolute atomic E-state index is 11.3. The van der Waals surface area contributed by atoms with Crippen molar-refractivity contribution in [1.29, 1.82) is 0 Å². The summed E-state index contributed by atoms with van der Waals surface area (Å²) < 4.78 is 22.7. The Bertz CT molecular complexity index is 479. The second-order valence-electron chi connectivity index (χ2n) is 3.29. The second-order valence-corrected chi connectivity index (χ2v) is 5.47. The number of pyridine rings is 1. The molecule has 0 bridgehead atoms. The van der Waals surface area contributed by atoms with Crippen LogP contribution in [-0.2, 0) is 22.0 Å². The second kappa shape index (κ2) is 3.16. The van der Waals surface area contributed by atoms with Gasteiger partial charge in [-0.05, 0) is 11.6 Å². The summed E-state index contributed by atoms with van der Waals surface area (Å²) in [6.07, 6.45) is 2.64. The van der Waals surface area contributed by atoms with Gasteiger partial charge in [0.05, 0.1) is 11.5 Å². The quantitative estimate of drug-likeness (QED) is 0.629. The van der Waals surface area contributed by atoms with Gasteiger partial charge in [0.2, 0.25) is 0 Å². The third-order valence-corrected chi connectivity index (χ3v) is 3.88. The molecular weight excluding hydrogens is 202 g/mol. The molecular formula is C9H9NO3S. The number of carbonyl (C=O) groups excluding carboxylic acids is 1. The number of aromatic nitrogens is 1. The first-order valence-corrected chi connectivity index (χ1v) is 6.07. The van der Waals surface area contributed by atoms with E-state index in [0.29, 0.717) is 23.8 Å². The molecule has 0 spiro atoms. The van der Waals surface area contributed by atoms with Gasteiger partial charge >= 0.3 is 0 Å². The van der Waals surface area contributed by atoms with Crippen LogP contribution in [0.2, 0.25) is 0 Å². The van der Waals surface area contributed by atoms with Crippen molar-refractivity contribution in [2.45, 2.75) is 12.2 Å². The zero-order chi connectivity index (χ0) is 10.2. The van der Waals surface area contributed by atoms with Gasteiger partial charge in [-0.1, -0.05) is 0 Å². The first-order chi connectivity index (χ1) is 6.62. The standard InChI is InChI=1S/C9H9NO3S/c11-5-7-1-3-10-9-2-4-14(12,13)6-8(7)9/h1,3,5H,2,4,6H2. The summed E-state index contributed by atoms with van der Waals surface area (Å²) in [6.45, 7) is 0. The van der Waals surface area contributed by atoms with Gasteiger partial charge < -0.3 is 0 Å². The van der Waals surface area contributed by atoms with Gasteiger partial charge in [0.25, 0.3) is 0 Å². The van der Waals surface area contributed by atoms with Crippen LogP contribution in [0.1, 0.15) is 21.6 Å². The fourth-order valence-electron chi connectivity index (χ4n) is 1.59. The predicted octanol–water partition coefficient (Wildman–Crippen LogP) is 0.365. The molecule has 0 N–H and O–H groups in total. The smallest absolute Gasteiger partial charge is 0.154 e. The molecule has 0 fully saturated rings. The summed E-state index contributed by atoms with van der Waals surface area (Å²) in [7, 11) is -3.03. The number of fused-ring (bicyclic) bond motifs is 1. The molecule has 4 nitrogen and oxygen atoms in total. The van der Waals surface area contributed by atoms with Gasteiger partial charge in [-0.15, -0.1) is 0 Å². The molecule has 0 atom stereocenters. The van der Waals surface area contributed by atoms with Crippen molar-refractivity contribution in [1.82, 2.24) is 4.98 Å². The number of hydrogen-bond donors (Lipinski definition) is 0. The number of carbonyl (C=O) groups is 1. The predicted molar refractivity (Wildman–Crippen MR) is 50.8 cm³/mol. The van der Waals surface area contributed by atoms with E-state index in [9.17, 15) is 13.2 Å². The Morgan fingerprint density at radius 2 is 2.21 bits per heavy atom. The van der Waals surface area contributed by atoms with Crippen molar-refractivity contribution in [2.75, 3.05) is 5.75 Å². The average molecular weight is 211 g/mol. The maximum atomic E-state index is 11.3. The van der Waals surface area contributed by atoms with Crippen molar-refractivity contribution in [2.24, 2.45) is 0 Å². The third kappa shape index (κ3) is 1.55. The molecule has 14 heavy (non-hydrogen) atoms. The van der Waals surface area contributed by atoms with E-state index in [0.717, 1.165) is 5.69 Å². The minimum atomic E-state index is -3.03. The first kappa shape index (κ1) is 9.33. The summed E-state index contributed by atoms with van der Waals surface area (Å²) in [6, 6.07) is 1.55. The third-order valence-electron chi connectivity index (χ3n) is 2.32. The average Bonchev–Trinajstić information content (AvgIpc) is 2.15. The van der Waals surface area contributed by atoms with Crippen LogP contribution in [0.4, 0.5) is 0 Å². The molecule has 1 aliphatic rings. The first-order valence-electron chi connectivity index (χ1n) is 4.25. The van der Waals surface area contributed by atoms with Crippen LogP contribution >= 0.6 is 0 Å². The molecule has 74 valence electrons. The Morgan fingerprint density at radius 3 is 2.93 bits per heavy atom. The van der Waals surface area contributed by atoms with E-state index in [-0.39, 0.29) is 11.5 Å². The summed E-state index contributed by atoms with van der Waals surface area (Å²) in [5.74, 6) is 0.0829. The number of aryl methyl sites for hydroxylation is 1. The largest absolute Gasteiger partial charge is 0.298 e. The van der Waals surface area contributed by atoms with Crippen LogP contribution in [0, 0.1) is 0 Å². The molecule has 1 aromatic heterocycles. The lowest BCUT2D eigenvalue weighted by molar-refractivity contribution is 0.112. The van der Waals surface area contributed by atoms with Crippen molar-refractivity contribution in [3.63, 3.8) is 0 Å². The van der Waals surface area contributed by atoms with Crippen LogP contribution in [0.3, 0.4) is 0 Å². The lowest BCUT2D eigenvalue weighted by Gasteiger charge is -2.16. The zero-order valence-corrected chi connectivity index (χ0v) is 8.25. The summed E-state index contributed by atoms with van der Waals surface area (Å²) in [4.78, 5) is 14.7. The molecule has 2 rings (SSSR count). The topological polar surface area (TPSA) is 64.1 Å². The van der Waals surface area contributed by atoms with Gasteiger partial charge in [-0.2, -0.15) is 0 Å². The van der Waals surface area contributed by atoms with E-state index < -0.39 is 9.84 Å². The molecule has 5 heteroatoms. The van der Waals surface area contributed by atoms with Gasteiger partial charge in [0, 0.05) is 23.9 Å². The number of aldehydes is 1. The Balaban J connectivity index is 2.58. The van der Waals surface area contributed by atoms with Crippen molar-refractivity contribution in [3.8, 4) is 0 Å². The number of nitrogens with zero attached hydrogens (tertiary/aromatic N) is 1. The number of hydrogen-bond acceptors (Lipinski definition) is 4. The van der Waals surface area contributed by atoms with E-state index in [4.69, 9.17) is 0 Å². The Hall–Kier alpha value is -1.23. The highest BCUT2D eigenvalue weighted by molar-refractivity contribution is 7.90. The summed E-state index contributed by atoms with van der Waals surface area (Å²) in [5.41, 5.74) is 1.76. The van der Waals surface area contributed by atoms with E-state index in [1.54, 1.807) is 12.3 Å². The van der Waals surface area contributed by atoms with Crippen LogP contribution in [0.25, 0.3) is 0 Å². The summed E-state index contributed by atoms with van der Waals surface area (Å²) >= 11 is 0. The fraction of sp³-hybridized carbons (Fsp3) is 0.333. The molecule has 1 aromatic rings. The van der Waals surface area contributed by atoms with Gasteiger partial charge in [-0.3, -0.25) is 9.78 Å². The van der Waals surface area contributed by atoms with Crippen LogP contribution in [0.15, 0.2) is 12.3 Å². The highest BCUT2D eigenvalue weighted by Crippen LogP contribution is 2.21. The number of rotatable bonds is 1. The fourth-order valence-corrected chi connectivity index (χ4v) is 3.01. The van der Waals surface area contributed by atoms with Gasteiger partial charge in [-0.25, -0.2) is 8.42 Å². The molecule has 0 radical (unpaired) electrons. The van der Waals surface area contributed by atoms with E-state index in [1.807, 2.05) is 0 Å². The minimum absolute atomic E-state index is 0.0513. The zero-order valence-electron chi connectivity index (χ0n) is 7.43. The monoisotopic (exact) mass is 211 g/mol. The van der Waals surface area contributed by atoms with Crippen LogP contribution in [-0.4, -0.2) is 25.4 Å². The van der Waals surface area contributed by atoms with E-state index in [2.05, 4.69) is 4.98 Å². The van der Waals surface area contributed by atoms with Crippen molar-refractivity contribution >= 4 is 16.1 Å². The van der Waals surface area contributed by atoms with Crippen LogP contribution < -0.4 is 0 Å². The molecule has 0 aromatic carbocycles. The Morgan fingerprint density at radius 1 is 1.43 bits per heavy atom. The maximum Gasteiger partial charge on any atom is 0.154 e. The lowest BCUT2D eigenvalue weighted by atomic mass is 10.1. The van der Waals surface area contributed by atoms with Crippen molar-refractivity contribution < 1.29 is 13.2 Å². The normalized spacial score (nSPS) is 18.6. The van der Waals surface area contributed by atoms with Crippen molar-refractivity contribution in [3.05, 3.63) is 29.1 Å². The van der Waals surface area contributed by atoms with E-state index in [1.165, 1.54) is 0 Å². The number of sulfone groups is 1. The van der Waals surface area contributed by atoms with E-state index >= 15 is 0 Å². The summed E-state index contributed by atoms with van der Waals surface area (Å²) in [5, 5.41) is 0. The SMILES string of the molecule is O=Cc1ccnc2c1CS(=O)(=O)CC2. The molecule has 0 aliphatic carbocycles. The molecule has 0 saturated heterocycles. The van der Waals surface area contributed by atoms with Gasteiger partial charge in [0.15, 0.2) is 9.84 Å². The lowest BCUT2D eigenvalue weighted by Crippen LogP contribution is -2.21. The highest BCUT2D eigenvalue weighted by atomic mass is 32.2. The molecule has 2 heterocycles. The highest BCUT2D eigenvalue weighted by Gasteiger charge is 2.24. The van der Waals surface area contributed by atoms with Crippen LogP contribution in [0.5, 0.6) is 0 Å². The molecule has 0 amide bonds. The minimum Gasteiger partial charge on any atom is -0.298 e. The van der Waals surface area contributed by atoms with Gasteiger partial charge in [0.1, 0.15) is 6.29 Å². The molecule has 1 aliphatic heterocycles. The molecule has 0 unspecified atom stereocenters. The molecule has 0 saturated carbocycles. The Kier molecular flexibility index (Phi) is 2.11. The Labute approximate surface area is 81.9 Å².